The molecule has 1 fully saturated rings. The maximum atomic E-state index is 13.4. The Morgan fingerprint density at radius 3 is 2.45 bits per heavy atom. The molecule has 1 saturated heterocycles. The van der Waals surface area contributed by atoms with E-state index in [9.17, 15) is 9.59 Å². The van der Waals surface area contributed by atoms with Crippen LogP contribution in [-0.2, 0) is 11.2 Å². The van der Waals surface area contributed by atoms with E-state index in [1.54, 1.807) is 24.3 Å². The average molecular weight is 481 g/mol. The smallest absolute Gasteiger partial charge is 0.257 e. The van der Waals surface area contributed by atoms with Crippen LogP contribution in [0.15, 0.2) is 54.6 Å². The minimum absolute atomic E-state index is 0.157. The highest BCUT2D eigenvalue weighted by Gasteiger charge is 2.34. The zero-order valence-corrected chi connectivity index (χ0v) is 19.7. The lowest BCUT2D eigenvalue weighted by Crippen LogP contribution is -2.50. The molecule has 6 nitrogen and oxygen atoms in total. The van der Waals surface area contributed by atoms with Gasteiger partial charge in [0.1, 0.15) is 0 Å². The number of halogens is 1. The molecule has 1 atom stereocenters. The molecule has 2 aliphatic rings. The van der Waals surface area contributed by atoms with Crippen molar-refractivity contribution in [1.82, 2.24) is 9.88 Å². The highest BCUT2D eigenvalue weighted by atomic mass is 35.5. The first kappa shape index (κ1) is 21.9. The van der Waals surface area contributed by atoms with Gasteiger partial charge < -0.3 is 9.80 Å². The third-order valence-corrected chi connectivity index (χ3v) is 7.59. The molecule has 3 aromatic rings. The summed E-state index contributed by atoms with van der Waals surface area (Å²) in [6.45, 7) is 3.08. The topological polar surface area (TPSA) is 65.5 Å². The third-order valence-electron chi connectivity index (χ3n) is 6.29. The van der Waals surface area contributed by atoms with Gasteiger partial charge in [0.2, 0.25) is 5.91 Å². The fourth-order valence-corrected chi connectivity index (χ4v) is 5.71. The van der Waals surface area contributed by atoms with Crippen LogP contribution in [0.5, 0.6) is 0 Å². The molecule has 0 bridgehead atoms. The number of benzene rings is 2. The summed E-state index contributed by atoms with van der Waals surface area (Å²) in [4.78, 5) is 36.1. The number of thiazole rings is 1. The molecule has 0 radical (unpaired) electrons. The molecular weight excluding hydrogens is 456 g/mol. The van der Waals surface area contributed by atoms with Gasteiger partial charge in [-0.25, -0.2) is 4.98 Å². The second-order valence-corrected chi connectivity index (χ2v) is 9.90. The Kier molecular flexibility index (Phi) is 6.33. The second-order valence-electron chi connectivity index (χ2n) is 8.38. The first-order valence-electron chi connectivity index (χ1n) is 11.2. The van der Waals surface area contributed by atoms with Gasteiger partial charge in [0.05, 0.1) is 11.6 Å². The number of hydrogen-bond donors (Lipinski definition) is 1. The van der Waals surface area contributed by atoms with Gasteiger partial charge in [-0.1, -0.05) is 29.8 Å². The van der Waals surface area contributed by atoms with E-state index in [4.69, 9.17) is 16.6 Å². The normalized spacial score (nSPS) is 18.0. The molecular formula is C25H25ClN4O2S. The van der Waals surface area contributed by atoms with Crippen LogP contribution < -0.4 is 10.2 Å². The zero-order valence-electron chi connectivity index (χ0n) is 18.2. The SMILES string of the molecule is O=C(Nc1nc2c(s1)CCCC2C(=O)N1CCN(c2ccccc2)CC1)c1ccc(Cl)cc1. The Bertz CT molecular complexity index is 1140. The first-order valence-corrected chi connectivity index (χ1v) is 12.4. The molecule has 5 rings (SSSR count). The van der Waals surface area contributed by atoms with Crippen molar-refractivity contribution in [2.75, 3.05) is 36.4 Å². The van der Waals surface area contributed by atoms with Gasteiger partial charge in [-0.2, -0.15) is 0 Å². The second kappa shape index (κ2) is 9.53. The lowest BCUT2D eigenvalue weighted by molar-refractivity contribution is -0.133. The summed E-state index contributed by atoms with van der Waals surface area (Å²) in [6.07, 6.45) is 2.66. The van der Waals surface area contributed by atoms with E-state index < -0.39 is 0 Å². The molecule has 1 aliphatic carbocycles. The van der Waals surface area contributed by atoms with Gasteiger partial charge in [0, 0.05) is 47.3 Å². The summed E-state index contributed by atoms with van der Waals surface area (Å²) >= 11 is 7.39. The van der Waals surface area contributed by atoms with E-state index in [-0.39, 0.29) is 17.7 Å². The van der Waals surface area contributed by atoms with Crippen molar-refractivity contribution in [3.05, 3.63) is 75.8 Å². The summed E-state index contributed by atoms with van der Waals surface area (Å²) < 4.78 is 0. The summed E-state index contributed by atoms with van der Waals surface area (Å²) in [5.74, 6) is -0.295. The predicted molar refractivity (Wildman–Crippen MR) is 132 cm³/mol. The number of hydrogen-bond acceptors (Lipinski definition) is 5. The van der Waals surface area contributed by atoms with Gasteiger partial charge in [0.15, 0.2) is 5.13 Å². The molecule has 1 unspecified atom stereocenters. The van der Waals surface area contributed by atoms with Crippen LogP contribution >= 0.6 is 22.9 Å². The number of aryl methyl sites for hydroxylation is 1. The van der Waals surface area contributed by atoms with Crippen molar-refractivity contribution >= 4 is 45.6 Å². The minimum Gasteiger partial charge on any atom is -0.368 e. The van der Waals surface area contributed by atoms with Crippen molar-refractivity contribution < 1.29 is 9.59 Å². The van der Waals surface area contributed by atoms with Crippen LogP contribution in [-0.4, -0.2) is 47.9 Å². The summed E-state index contributed by atoms with van der Waals surface area (Å²) in [7, 11) is 0. The van der Waals surface area contributed by atoms with Crippen molar-refractivity contribution in [3.8, 4) is 0 Å². The van der Waals surface area contributed by atoms with Crippen molar-refractivity contribution in [3.63, 3.8) is 0 Å². The summed E-state index contributed by atoms with van der Waals surface area (Å²) in [6, 6.07) is 17.1. The monoisotopic (exact) mass is 480 g/mol. The van der Waals surface area contributed by atoms with E-state index in [1.807, 2.05) is 23.1 Å². The van der Waals surface area contributed by atoms with E-state index >= 15 is 0 Å². The van der Waals surface area contributed by atoms with Gasteiger partial charge in [0.25, 0.3) is 5.91 Å². The molecule has 2 heterocycles. The molecule has 1 aliphatic heterocycles. The van der Waals surface area contributed by atoms with E-state index in [1.165, 1.54) is 17.0 Å². The molecule has 1 N–H and O–H groups in total. The lowest BCUT2D eigenvalue weighted by Gasteiger charge is -2.38. The molecule has 0 spiro atoms. The van der Waals surface area contributed by atoms with E-state index in [2.05, 4.69) is 22.3 Å². The molecule has 33 heavy (non-hydrogen) atoms. The van der Waals surface area contributed by atoms with Crippen LogP contribution in [0.1, 0.15) is 39.7 Å². The minimum atomic E-state index is -0.227. The van der Waals surface area contributed by atoms with Crippen LogP contribution in [0, 0.1) is 0 Å². The van der Waals surface area contributed by atoms with Gasteiger partial charge in [-0.05, 0) is 55.7 Å². The number of piperazine rings is 1. The summed E-state index contributed by atoms with van der Waals surface area (Å²) in [5.41, 5.74) is 2.56. The van der Waals surface area contributed by atoms with E-state index in [0.29, 0.717) is 28.8 Å². The average Bonchev–Trinajstić information content (AvgIpc) is 3.27. The highest BCUT2D eigenvalue weighted by molar-refractivity contribution is 7.16. The number of aromatic nitrogens is 1. The zero-order chi connectivity index (χ0) is 22.8. The standard InChI is InChI=1S/C25H25ClN4O2S/c26-18-11-9-17(10-12-18)23(31)28-25-27-22-20(7-4-8-21(22)33-25)24(32)30-15-13-29(14-16-30)19-5-2-1-3-6-19/h1-3,5-6,9-12,20H,4,7-8,13-16H2,(H,27,28,31). The number of nitrogens with zero attached hydrogens (tertiary/aromatic N) is 3. The Labute approximate surface area is 202 Å². The number of carbonyl (C=O) groups excluding carboxylic acids is 2. The maximum absolute atomic E-state index is 13.4. The number of para-hydroxylation sites is 1. The Morgan fingerprint density at radius 1 is 1.00 bits per heavy atom. The maximum Gasteiger partial charge on any atom is 0.257 e. The summed E-state index contributed by atoms with van der Waals surface area (Å²) in [5, 5.41) is 4.03. The Morgan fingerprint density at radius 2 is 1.73 bits per heavy atom. The van der Waals surface area contributed by atoms with Gasteiger partial charge in [-0.3, -0.25) is 14.9 Å². The largest absolute Gasteiger partial charge is 0.368 e. The quantitative estimate of drug-likeness (QED) is 0.581. The fourth-order valence-electron chi connectivity index (χ4n) is 4.53. The molecule has 0 saturated carbocycles. The van der Waals surface area contributed by atoms with Crippen molar-refractivity contribution in [1.29, 1.82) is 0 Å². The van der Waals surface area contributed by atoms with Crippen molar-refractivity contribution in [2.24, 2.45) is 0 Å². The highest BCUT2D eigenvalue weighted by Crippen LogP contribution is 2.38. The number of rotatable bonds is 4. The number of anilines is 2. The van der Waals surface area contributed by atoms with E-state index in [0.717, 1.165) is 42.9 Å². The molecule has 1 aromatic heterocycles. The van der Waals surface area contributed by atoms with Crippen LogP contribution in [0.4, 0.5) is 10.8 Å². The number of nitrogens with one attached hydrogen (secondary N) is 1. The van der Waals surface area contributed by atoms with Crippen LogP contribution in [0.3, 0.4) is 0 Å². The van der Waals surface area contributed by atoms with Gasteiger partial charge >= 0.3 is 0 Å². The number of carbonyl (C=O) groups is 2. The van der Waals surface area contributed by atoms with Crippen LogP contribution in [0.25, 0.3) is 0 Å². The Hall–Kier alpha value is -2.90. The fraction of sp³-hybridized carbons (Fsp3) is 0.320. The predicted octanol–water partition coefficient (Wildman–Crippen LogP) is 4.82. The number of amides is 2. The molecule has 2 aromatic carbocycles. The van der Waals surface area contributed by atoms with Crippen LogP contribution in [0.2, 0.25) is 5.02 Å². The van der Waals surface area contributed by atoms with Crippen molar-refractivity contribution in [2.45, 2.75) is 25.2 Å². The molecule has 8 heteroatoms. The number of fused-ring (bicyclic) bond motifs is 1. The third kappa shape index (κ3) is 4.75. The first-order chi connectivity index (χ1) is 16.1. The molecule has 170 valence electrons. The lowest BCUT2D eigenvalue weighted by atomic mass is 9.89. The molecule has 2 amide bonds. The van der Waals surface area contributed by atoms with Gasteiger partial charge in [-0.15, -0.1) is 11.3 Å². The Balaban J connectivity index is 1.26.